The van der Waals surface area contributed by atoms with Crippen LogP contribution in [0, 0.1) is 9.39 Å². The van der Waals surface area contributed by atoms with Crippen molar-refractivity contribution in [1.82, 2.24) is 9.97 Å². The fourth-order valence-corrected chi connectivity index (χ4v) is 3.07. The summed E-state index contributed by atoms with van der Waals surface area (Å²) in [5.41, 5.74) is 7.56. The van der Waals surface area contributed by atoms with E-state index in [2.05, 4.69) is 48.5 Å². The quantitative estimate of drug-likeness (QED) is 0.725. The molecular weight excluding hydrogens is 424 g/mol. The highest BCUT2D eigenvalue weighted by molar-refractivity contribution is 14.1. The lowest BCUT2D eigenvalue weighted by atomic mass is 10.2. The summed E-state index contributed by atoms with van der Waals surface area (Å²) in [5.74, 6) is 1.11. The number of nitrogens with two attached hydrogens (primary N) is 1. The third-order valence-corrected chi connectivity index (χ3v) is 4.55. The lowest BCUT2D eigenvalue weighted by Crippen LogP contribution is -2.04. The number of aromatic nitrogens is 2. The third-order valence-electron chi connectivity index (χ3n) is 2.99. The van der Waals surface area contributed by atoms with Gasteiger partial charge in [-0.05, 0) is 53.6 Å². The summed E-state index contributed by atoms with van der Waals surface area (Å²) in [6.45, 7) is 0. The number of hydrogen-bond acceptors (Lipinski definition) is 3. The summed E-state index contributed by atoms with van der Waals surface area (Å²) >= 11 is 5.45. The van der Waals surface area contributed by atoms with Gasteiger partial charge in [0.2, 0.25) is 0 Å². The first-order chi connectivity index (χ1) is 9.04. The second kappa shape index (κ2) is 4.97. The molecule has 0 amide bonds. The van der Waals surface area contributed by atoms with Crippen molar-refractivity contribution in [3.8, 4) is 11.4 Å². The molecule has 2 N–H and O–H groups in total. The van der Waals surface area contributed by atoms with Crippen LogP contribution in [0.4, 0.5) is 10.2 Å². The minimum atomic E-state index is -0.321. The minimum absolute atomic E-state index is 0.321. The summed E-state index contributed by atoms with van der Waals surface area (Å²) in [6.07, 6.45) is 2.28. The van der Waals surface area contributed by atoms with Crippen molar-refractivity contribution < 1.29 is 4.39 Å². The zero-order chi connectivity index (χ0) is 13.6. The standard InChI is InChI=1S/C13H10BrFIN3/c14-8-3-7(4-9(15)5-8)13-18-11(6-1-2-6)10(16)12(17)19-13/h3-6H,1-2H2,(H2,17,18,19). The van der Waals surface area contributed by atoms with Crippen molar-refractivity contribution in [3.05, 3.63) is 37.8 Å². The largest absolute Gasteiger partial charge is 0.383 e. The molecule has 19 heavy (non-hydrogen) atoms. The molecule has 1 fully saturated rings. The van der Waals surface area contributed by atoms with E-state index in [0.29, 0.717) is 27.6 Å². The van der Waals surface area contributed by atoms with Gasteiger partial charge >= 0.3 is 0 Å². The van der Waals surface area contributed by atoms with E-state index in [9.17, 15) is 4.39 Å². The molecule has 1 aromatic heterocycles. The van der Waals surface area contributed by atoms with Crippen LogP contribution in [0.5, 0.6) is 0 Å². The van der Waals surface area contributed by atoms with Crippen LogP contribution in [-0.2, 0) is 0 Å². The molecule has 0 radical (unpaired) electrons. The van der Waals surface area contributed by atoms with Gasteiger partial charge in [-0.1, -0.05) is 15.9 Å². The maximum Gasteiger partial charge on any atom is 0.161 e. The lowest BCUT2D eigenvalue weighted by Gasteiger charge is -2.08. The molecule has 98 valence electrons. The highest BCUT2D eigenvalue weighted by Gasteiger charge is 2.29. The zero-order valence-electron chi connectivity index (χ0n) is 9.83. The summed E-state index contributed by atoms with van der Waals surface area (Å²) in [5, 5.41) is 0. The molecule has 0 aliphatic heterocycles. The smallest absolute Gasteiger partial charge is 0.161 e. The number of anilines is 1. The molecule has 1 saturated carbocycles. The van der Waals surface area contributed by atoms with Crippen molar-refractivity contribution in [2.75, 3.05) is 5.73 Å². The molecule has 1 aliphatic carbocycles. The number of benzene rings is 1. The number of halogens is 3. The van der Waals surface area contributed by atoms with Gasteiger partial charge < -0.3 is 5.73 Å². The third kappa shape index (κ3) is 2.74. The molecule has 3 rings (SSSR count). The van der Waals surface area contributed by atoms with Gasteiger partial charge in [0, 0.05) is 16.0 Å². The molecule has 0 atom stereocenters. The van der Waals surface area contributed by atoms with Gasteiger partial charge in [-0.3, -0.25) is 0 Å². The summed E-state index contributed by atoms with van der Waals surface area (Å²) in [4.78, 5) is 8.83. The van der Waals surface area contributed by atoms with Crippen LogP contribution >= 0.6 is 38.5 Å². The topological polar surface area (TPSA) is 51.8 Å². The van der Waals surface area contributed by atoms with Gasteiger partial charge in [0.1, 0.15) is 11.6 Å². The fraction of sp³-hybridized carbons (Fsp3) is 0.231. The molecule has 1 aromatic carbocycles. The van der Waals surface area contributed by atoms with E-state index in [1.807, 2.05) is 0 Å². The van der Waals surface area contributed by atoms with E-state index in [0.717, 1.165) is 22.1 Å². The maximum absolute atomic E-state index is 13.4. The first kappa shape index (κ1) is 13.2. The van der Waals surface area contributed by atoms with E-state index >= 15 is 0 Å². The number of nitrogens with zero attached hydrogens (tertiary/aromatic N) is 2. The van der Waals surface area contributed by atoms with Gasteiger partial charge in [0.25, 0.3) is 0 Å². The van der Waals surface area contributed by atoms with Gasteiger partial charge in [0.15, 0.2) is 5.82 Å². The molecule has 0 saturated heterocycles. The summed E-state index contributed by atoms with van der Waals surface area (Å²) < 4.78 is 15.0. The zero-order valence-corrected chi connectivity index (χ0v) is 13.6. The average Bonchev–Trinajstić information content (AvgIpc) is 3.15. The Labute approximate surface area is 132 Å². The number of nitrogen functional groups attached to an aromatic ring is 1. The van der Waals surface area contributed by atoms with Crippen LogP contribution in [0.15, 0.2) is 22.7 Å². The van der Waals surface area contributed by atoms with Gasteiger partial charge in [0.05, 0.1) is 9.26 Å². The minimum Gasteiger partial charge on any atom is -0.383 e. The molecule has 0 bridgehead atoms. The van der Waals surface area contributed by atoms with Crippen LogP contribution in [0.1, 0.15) is 24.5 Å². The van der Waals surface area contributed by atoms with Crippen LogP contribution in [-0.4, -0.2) is 9.97 Å². The van der Waals surface area contributed by atoms with Gasteiger partial charge in [-0.25, -0.2) is 14.4 Å². The Morgan fingerprint density at radius 3 is 2.63 bits per heavy atom. The average molecular weight is 434 g/mol. The molecular formula is C13H10BrFIN3. The molecule has 1 heterocycles. The number of hydrogen-bond donors (Lipinski definition) is 1. The van der Waals surface area contributed by atoms with Crippen LogP contribution in [0.2, 0.25) is 0 Å². The Bertz CT molecular complexity index is 638. The van der Waals surface area contributed by atoms with E-state index in [1.165, 1.54) is 12.1 Å². The Morgan fingerprint density at radius 2 is 2.00 bits per heavy atom. The van der Waals surface area contributed by atoms with Crippen LogP contribution in [0.3, 0.4) is 0 Å². The van der Waals surface area contributed by atoms with Crippen molar-refractivity contribution in [1.29, 1.82) is 0 Å². The van der Waals surface area contributed by atoms with Crippen LogP contribution < -0.4 is 5.73 Å². The highest BCUT2D eigenvalue weighted by Crippen LogP contribution is 2.42. The molecule has 0 unspecified atom stereocenters. The highest BCUT2D eigenvalue weighted by atomic mass is 127. The van der Waals surface area contributed by atoms with Crippen molar-refractivity contribution in [2.45, 2.75) is 18.8 Å². The Hall–Kier alpha value is -0.760. The lowest BCUT2D eigenvalue weighted by molar-refractivity contribution is 0.627. The van der Waals surface area contributed by atoms with E-state index < -0.39 is 0 Å². The van der Waals surface area contributed by atoms with Crippen LogP contribution in [0.25, 0.3) is 11.4 Å². The van der Waals surface area contributed by atoms with Crippen molar-refractivity contribution in [2.24, 2.45) is 0 Å². The Balaban J connectivity index is 2.14. The number of rotatable bonds is 2. The second-order valence-electron chi connectivity index (χ2n) is 4.56. The first-order valence-electron chi connectivity index (χ1n) is 5.84. The van der Waals surface area contributed by atoms with Gasteiger partial charge in [-0.2, -0.15) is 0 Å². The second-order valence-corrected chi connectivity index (χ2v) is 6.56. The van der Waals surface area contributed by atoms with Gasteiger partial charge in [-0.15, -0.1) is 0 Å². The molecule has 3 nitrogen and oxygen atoms in total. The van der Waals surface area contributed by atoms with E-state index in [-0.39, 0.29) is 5.82 Å². The summed E-state index contributed by atoms with van der Waals surface area (Å²) in [6, 6.07) is 4.62. The van der Waals surface area contributed by atoms with Crippen molar-refractivity contribution >= 4 is 44.3 Å². The molecule has 6 heteroatoms. The Kier molecular flexibility index (Phi) is 3.46. The molecule has 2 aromatic rings. The monoisotopic (exact) mass is 433 g/mol. The van der Waals surface area contributed by atoms with E-state index in [1.54, 1.807) is 6.07 Å². The predicted octanol–water partition coefficient (Wildman–Crippen LogP) is 4.11. The molecule has 1 aliphatic rings. The fourth-order valence-electron chi connectivity index (χ4n) is 1.92. The predicted molar refractivity (Wildman–Crippen MR) is 84.2 cm³/mol. The normalized spacial score (nSPS) is 14.7. The first-order valence-corrected chi connectivity index (χ1v) is 7.71. The van der Waals surface area contributed by atoms with Crippen molar-refractivity contribution in [3.63, 3.8) is 0 Å². The maximum atomic E-state index is 13.4. The molecule has 0 spiro atoms. The van der Waals surface area contributed by atoms with E-state index in [4.69, 9.17) is 5.73 Å². The summed E-state index contributed by atoms with van der Waals surface area (Å²) in [7, 11) is 0. The Morgan fingerprint density at radius 1 is 1.26 bits per heavy atom. The SMILES string of the molecule is Nc1nc(-c2cc(F)cc(Br)c2)nc(C2CC2)c1I.